The molecule has 0 bridgehead atoms. The number of halogens is 3. The van der Waals surface area contributed by atoms with E-state index in [0.29, 0.717) is 4.90 Å². The molecule has 3 N–H and O–H groups in total. The maximum atomic E-state index is 11.9. The lowest BCUT2D eigenvalue weighted by molar-refractivity contribution is -0.140. The van der Waals surface area contributed by atoms with Gasteiger partial charge in [0.1, 0.15) is 13.1 Å². The molecule has 0 aliphatic heterocycles. The zero-order valence-electron chi connectivity index (χ0n) is 10.3. The minimum Gasteiger partial charge on any atom is -0.480 e. The van der Waals surface area contributed by atoms with E-state index in [4.69, 9.17) is 45.0 Å². The predicted octanol–water partition coefficient (Wildman–Crippen LogP) is 2.65. The zero-order chi connectivity index (χ0) is 16.2. The highest BCUT2D eigenvalue weighted by Gasteiger charge is 2.20. The number of anilines is 1. The van der Waals surface area contributed by atoms with Crippen molar-refractivity contribution in [3.63, 3.8) is 0 Å². The number of urea groups is 1. The van der Waals surface area contributed by atoms with Gasteiger partial charge in [-0.1, -0.05) is 34.8 Å². The minimum absolute atomic E-state index is 0.0725. The lowest BCUT2D eigenvalue weighted by atomic mass is 10.3. The van der Waals surface area contributed by atoms with Crippen LogP contribution in [0.5, 0.6) is 0 Å². The third-order valence-corrected chi connectivity index (χ3v) is 3.23. The standard InChI is InChI=1S/C11H9Cl3N2O5/c12-5-1-7(14)8(2-6(5)13)15-11(21)16(3-9(17)18)4-10(19)20/h1-2H,3-4H2,(H,15,21)(H,17,18)(H,19,20). The first-order valence-electron chi connectivity index (χ1n) is 5.34. The summed E-state index contributed by atoms with van der Waals surface area (Å²) in [4.78, 5) is 33.7. The van der Waals surface area contributed by atoms with Gasteiger partial charge in [-0.15, -0.1) is 0 Å². The number of nitrogens with one attached hydrogen (secondary N) is 1. The first kappa shape index (κ1) is 17.4. The monoisotopic (exact) mass is 354 g/mol. The zero-order valence-corrected chi connectivity index (χ0v) is 12.5. The van der Waals surface area contributed by atoms with Gasteiger partial charge in [0.05, 0.1) is 20.8 Å². The predicted molar refractivity (Wildman–Crippen MR) is 77.3 cm³/mol. The molecule has 0 aromatic heterocycles. The van der Waals surface area contributed by atoms with Gasteiger partial charge in [-0.2, -0.15) is 0 Å². The lowest BCUT2D eigenvalue weighted by Gasteiger charge is -2.19. The highest BCUT2D eigenvalue weighted by molar-refractivity contribution is 6.44. The molecule has 21 heavy (non-hydrogen) atoms. The smallest absolute Gasteiger partial charge is 0.323 e. The van der Waals surface area contributed by atoms with Crippen LogP contribution < -0.4 is 5.32 Å². The first-order valence-corrected chi connectivity index (χ1v) is 6.48. The van der Waals surface area contributed by atoms with E-state index in [2.05, 4.69) is 5.32 Å². The second-order valence-electron chi connectivity index (χ2n) is 3.82. The van der Waals surface area contributed by atoms with E-state index in [0.717, 1.165) is 0 Å². The number of hydrogen-bond donors (Lipinski definition) is 3. The van der Waals surface area contributed by atoms with Crippen LogP contribution in [0, 0.1) is 0 Å². The summed E-state index contributed by atoms with van der Waals surface area (Å²) in [6, 6.07) is 1.61. The maximum absolute atomic E-state index is 11.9. The van der Waals surface area contributed by atoms with E-state index in [1.165, 1.54) is 12.1 Å². The number of benzene rings is 1. The number of amides is 2. The van der Waals surface area contributed by atoms with Crippen molar-refractivity contribution in [1.29, 1.82) is 0 Å². The average molecular weight is 356 g/mol. The number of hydrogen-bond acceptors (Lipinski definition) is 3. The Kier molecular flexibility index (Phi) is 6.07. The molecule has 0 spiro atoms. The first-order chi connectivity index (χ1) is 9.70. The Morgan fingerprint density at radius 1 is 0.952 bits per heavy atom. The molecule has 0 heterocycles. The van der Waals surface area contributed by atoms with E-state index in [-0.39, 0.29) is 20.8 Å². The normalized spacial score (nSPS) is 10.0. The van der Waals surface area contributed by atoms with Crippen LogP contribution >= 0.6 is 34.8 Å². The Hall–Kier alpha value is -1.70. The number of aliphatic carboxylic acids is 2. The molecule has 7 nitrogen and oxygen atoms in total. The van der Waals surface area contributed by atoms with Crippen LogP contribution in [0.4, 0.5) is 10.5 Å². The number of carboxylic acid groups (broad SMARTS) is 2. The molecular formula is C11H9Cl3N2O5. The van der Waals surface area contributed by atoms with Crippen LogP contribution in [0.15, 0.2) is 12.1 Å². The topological polar surface area (TPSA) is 107 Å². The summed E-state index contributed by atoms with van der Waals surface area (Å²) in [5, 5.41) is 20.0. The molecule has 0 aliphatic rings. The second-order valence-corrected chi connectivity index (χ2v) is 5.04. The molecule has 1 aromatic carbocycles. The van der Waals surface area contributed by atoms with Gasteiger partial charge >= 0.3 is 18.0 Å². The van der Waals surface area contributed by atoms with Gasteiger partial charge < -0.3 is 20.4 Å². The van der Waals surface area contributed by atoms with E-state index in [1.54, 1.807) is 0 Å². The van der Waals surface area contributed by atoms with E-state index >= 15 is 0 Å². The lowest BCUT2D eigenvalue weighted by Crippen LogP contribution is -2.42. The van der Waals surface area contributed by atoms with Gasteiger partial charge in [-0.25, -0.2) is 4.79 Å². The summed E-state index contributed by atoms with van der Waals surface area (Å²) in [7, 11) is 0. The fraction of sp³-hybridized carbons (Fsp3) is 0.182. The Bertz CT molecular complexity index is 577. The number of rotatable bonds is 5. The quantitative estimate of drug-likeness (QED) is 0.704. The van der Waals surface area contributed by atoms with Gasteiger partial charge in [0.25, 0.3) is 0 Å². The molecule has 114 valence electrons. The van der Waals surface area contributed by atoms with Gasteiger partial charge in [-0.3, -0.25) is 9.59 Å². The van der Waals surface area contributed by atoms with Crippen LogP contribution in [0.25, 0.3) is 0 Å². The number of carbonyl (C=O) groups is 3. The van der Waals surface area contributed by atoms with Gasteiger partial charge in [0.2, 0.25) is 0 Å². The van der Waals surface area contributed by atoms with Crippen molar-refractivity contribution in [2.45, 2.75) is 0 Å². The summed E-state index contributed by atoms with van der Waals surface area (Å²) < 4.78 is 0. The number of carboxylic acids is 2. The Balaban J connectivity index is 2.93. The minimum atomic E-state index is -1.35. The summed E-state index contributed by atoms with van der Waals surface area (Å²) in [5.74, 6) is -2.71. The molecule has 0 atom stereocenters. The molecule has 0 saturated heterocycles. The molecule has 1 aromatic rings. The van der Waals surface area contributed by atoms with Crippen molar-refractivity contribution in [3.8, 4) is 0 Å². The number of nitrogens with zero attached hydrogens (tertiary/aromatic N) is 1. The molecule has 10 heteroatoms. The molecule has 0 aliphatic carbocycles. The largest absolute Gasteiger partial charge is 0.480 e. The van der Waals surface area contributed by atoms with Crippen LogP contribution in [0.1, 0.15) is 0 Å². The molecule has 1 rings (SSSR count). The van der Waals surface area contributed by atoms with Crippen molar-refractivity contribution < 1.29 is 24.6 Å². The van der Waals surface area contributed by atoms with Crippen LogP contribution in [-0.2, 0) is 9.59 Å². The summed E-state index contributed by atoms with van der Waals surface area (Å²) in [5.41, 5.74) is 0.0804. The fourth-order valence-corrected chi connectivity index (χ4v) is 1.93. The summed E-state index contributed by atoms with van der Waals surface area (Å²) in [6.45, 7) is -1.56. The fourth-order valence-electron chi connectivity index (χ4n) is 1.34. The van der Waals surface area contributed by atoms with Gasteiger partial charge in [0.15, 0.2) is 0 Å². The molecule has 0 fully saturated rings. The third-order valence-electron chi connectivity index (χ3n) is 2.19. The SMILES string of the molecule is O=C(O)CN(CC(=O)O)C(=O)Nc1cc(Cl)c(Cl)cc1Cl. The second kappa shape index (κ2) is 7.35. The molecule has 0 radical (unpaired) electrons. The maximum Gasteiger partial charge on any atom is 0.323 e. The molecule has 2 amide bonds. The van der Waals surface area contributed by atoms with Crippen molar-refractivity contribution in [3.05, 3.63) is 27.2 Å². The number of carbonyl (C=O) groups excluding carboxylic acids is 1. The van der Waals surface area contributed by atoms with E-state index < -0.39 is 31.1 Å². The highest BCUT2D eigenvalue weighted by Crippen LogP contribution is 2.32. The summed E-state index contributed by atoms with van der Waals surface area (Å²) >= 11 is 17.4. The van der Waals surface area contributed by atoms with Crippen LogP contribution in [0.2, 0.25) is 15.1 Å². The van der Waals surface area contributed by atoms with Crippen LogP contribution in [-0.4, -0.2) is 46.2 Å². The average Bonchev–Trinajstić information content (AvgIpc) is 2.33. The van der Waals surface area contributed by atoms with Gasteiger partial charge in [0, 0.05) is 0 Å². The Labute approximate surface area is 134 Å². The molecule has 0 saturated carbocycles. The van der Waals surface area contributed by atoms with Crippen LogP contribution in [0.3, 0.4) is 0 Å². The third kappa shape index (κ3) is 5.30. The van der Waals surface area contributed by atoms with Crippen molar-refractivity contribution in [2.75, 3.05) is 18.4 Å². The van der Waals surface area contributed by atoms with Crippen molar-refractivity contribution in [1.82, 2.24) is 4.90 Å². The molecular weight excluding hydrogens is 346 g/mol. The van der Waals surface area contributed by atoms with Gasteiger partial charge in [-0.05, 0) is 12.1 Å². The van der Waals surface area contributed by atoms with Crippen molar-refractivity contribution >= 4 is 58.5 Å². The summed E-state index contributed by atoms with van der Waals surface area (Å²) in [6.07, 6.45) is 0. The van der Waals surface area contributed by atoms with Crippen molar-refractivity contribution in [2.24, 2.45) is 0 Å². The Morgan fingerprint density at radius 2 is 1.43 bits per heavy atom. The molecule has 0 unspecified atom stereocenters. The Morgan fingerprint density at radius 3 is 1.90 bits per heavy atom. The highest BCUT2D eigenvalue weighted by atomic mass is 35.5. The van der Waals surface area contributed by atoms with E-state index in [9.17, 15) is 14.4 Å². The van der Waals surface area contributed by atoms with E-state index in [1.807, 2.05) is 0 Å².